The van der Waals surface area contributed by atoms with Crippen LogP contribution in [-0.2, 0) is 7.05 Å². The number of aromatic nitrogens is 4. The van der Waals surface area contributed by atoms with Gasteiger partial charge in [0.15, 0.2) is 5.65 Å². The van der Waals surface area contributed by atoms with Crippen LogP contribution in [0.25, 0.3) is 50.0 Å². The Balaban J connectivity index is 1.88. The van der Waals surface area contributed by atoms with E-state index in [2.05, 4.69) is 0 Å². The molecule has 0 amide bonds. The minimum Gasteiger partial charge on any atom is -0.328 e. The molecule has 0 aliphatic rings. The fourth-order valence-corrected chi connectivity index (χ4v) is 4.50. The third kappa shape index (κ3) is 2.88. The molecule has 0 bridgehead atoms. The highest BCUT2D eigenvalue weighted by Crippen LogP contribution is 2.33. The molecule has 0 N–H and O–H groups in total. The third-order valence-electron chi connectivity index (χ3n) is 6.07. The molecule has 0 saturated carbocycles. The molecule has 0 aliphatic carbocycles. The zero-order valence-electron chi connectivity index (χ0n) is 18.1. The Kier molecular flexibility index (Phi) is 4.17. The molecule has 0 spiro atoms. The second-order valence-electron chi connectivity index (χ2n) is 8.05. The number of rotatable bonds is 3. The number of nitrogens with zero attached hydrogens (tertiary/aromatic N) is 6. The number of aryl methyl sites for hydroxylation is 1. The maximum Gasteiger partial charge on any atom is 0.277 e. The Hall–Kier alpha value is -5.19. The Bertz CT molecular complexity index is 1920. The summed E-state index contributed by atoms with van der Waals surface area (Å²) < 4.78 is 3.37. The van der Waals surface area contributed by atoms with E-state index in [1.165, 1.54) is 12.1 Å². The summed E-state index contributed by atoms with van der Waals surface area (Å²) in [5.74, 6) is 0.193. The van der Waals surface area contributed by atoms with E-state index in [0.29, 0.717) is 33.2 Å². The Labute approximate surface area is 194 Å². The van der Waals surface area contributed by atoms with Gasteiger partial charge in [-0.15, -0.1) is 0 Å². The van der Waals surface area contributed by atoms with Gasteiger partial charge in [0, 0.05) is 30.1 Å². The van der Waals surface area contributed by atoms with E-state index in [9.17, 15) is 25.0 Å². The number of pyridine rings is 1. The lowest BCUT2D eigenvalue weighted by Gasteiger charge is -2.13. The molecule has 6 aromatic rings. The number of benzene rings is 3. The highest BCUT2D eigenvalue weighted by Gasteiger charge is 2.24. The number of fused-ring (bicyclic) bond motifs is 6. The summed E-state index contributed by atoms with van der Waals surface area (Å²) in [6.07, 6.45) is 0. The van der Waals surface area contributed by atoms with Crippen LogP contribution in [0.4, 0.5) is 11.4 Å². The van der Waals surface area contributed by atoms with Gasteiger partial charge in [-0.25, -0.2) is 9.97 Å². The summed E-state index contributed by atoms with van der Waals surface area (Å²) in [5, 5.41) is 23.9. The smallest absolute Gasteiger partial charge is 0.277 e. The van der Waals surface area contributed by atoms with Gasteiger partial charge in [0.1, 0.15) is 16.9 Å². The summed E-state index contributed by atoms with van der Waals surface area (Å²) in [6, 6.07) is 17.6. The van der Waals surface area contributed by atoms with Gasteiger partial charge in [-0.1, -0.05) is 24.3 Å². The average Bonchev–Trinajstić information content (AvgIpc) is 3.25. The van der Waals surface area contributed by atoms with E-state index < -0.39 is 21.2 Å². The van der Waals surface area contributed by atoms with Crippen molar-refractivity contribution < 1.29 is 9.85 Å². The van der Waals surface area contributed by atoms with Crippen LogP contribution in [0.1, 0.15) is 0 Å². The first-order valence-corrected chi connectivity index (χ1v) is 10.5. The van der Waals surface area contributed by atoms with Gasteiger partial charge >= 0.3 is 0 Å². The maximum atomic E-state index is 13.6. The molecule has 11 nitrogen and oxygen atoms in total. The number of imidazole rings is 1. The van der Waals surface area contributed by atoms with Crippen molar-refractivity contribution in [3.63, 3.8) is 0 Å². The van der Waals surface area contributed by atoms with Crippen LogP contribution in [-0.4, -0.2) is 28.8 Å². The molecule has 11 heteroatoms. The van der Waals surface area contributed by atoms with Crippen molar-refractivity contribution in [3.8, 4) is 11.4 Å². The van der Waals surface area contributed by atoms with Crippen molar-refractivity contribution in [2.24, 2.45) is 7.05 Å². The van der Waals surface area contributed by atoms with Crippen LogP contribution < -0.4 is 5.43 Å². The minimum absolute atomic E-state index is 0.154. The number of nitro groups is 2. The van der Waals surface area contributed by atoms with Crippen LogP contribution in [0.5, 0.6) is 0 Å². The molecule has 0 saturated heterocycles. The molecule has 6 rings (SSSR count). The Morgan fingerprint density at radius 3 is 2.11 bits per heavy atom. The summed E-state index contributed by atoms with van der Waals surface area (Å²) in [4.78, 5) is 44.7. The summed E-state index contributed by atoms with van der Waals surface area (Å²) >= 11 is 0. The van der Waals surface area contributed by atoms with Crippen molar-refractivity contribution in [2.45, 2.75) is 0 Å². The van der Waals surface area contributed by atoms with Gasteiger partial charge in [0.05, 0.1) is 32.5 Å². The van der Waals surface area contributed by atoms with Crippen LogP contribution >= 0.6 is 0 Å². The minimum atomic E-state index is -0.690. The highest BCUT2D eigenvalue weighted by atomic mass is 16.6. The predicted molar refractivity (Wildman–Crippen MR) is 129 cm³/mol. The van der Waals surface area contributed by atoms with Crippen LogP contribution in [0.3, 0.4) is 0 Å². The Morgan fingerprint density at radius 1 is 0.800 bits per heavy atom. The lowest BCUT2D eigenvalue weighted by Crippen LogP contribution is -2.13. The Morgan fingerprint density at radius 2 is 1.43 bits per heavy atom. The maximum absolute atomic E-state index is 13.6. The van der Waals surface area contributed by atoms with Crippen molar-refractivity contribution >= 4 is 50.0 Å². The lowest BCUT2D eigenvalue weighted by molar-refractivity contribution is -0.394. The molecule has 170 valence electrons. The van der Waals surface area contributed by atoms with Crippen molar-refractivity contribution in [3.05, 3.63) is 97.2 Å². The monoisotopic (exact) mass is 466 g/mol. The van der Waals surface area contributed by atoms with E-state index in [1.807, 2.05) is 0 Å². The number of non-ortho nitro benzene ring substituents is 2. The van der Waals surface area contributed by atoms with Crippen molar-refractivity contribution in [2.75, 3.05) is 0 Å². The molecule has 0 aliphatic heterocycles. The first-order valence-electron chi connectivity index (χ1n) is 10.5. The van der Waals surface area contributed by atoms with Gasteiger partial charge in [-0.05, 0) is 24.3 Å². The van der Waals surface area contributed by atoms with Gasteiger partial charge in [-0.3, -0.25) is 29.4 Å². The first kappa shape index (κ1) is 20.4. The molecule has 0 radical (unpaired) electrons. The summed E-state index contributed by atoms with van der Waals surface area (Å²) in [5.41, 5.74) is 1.47. The van der Waals surface area contributed by atoms with E-state index in [-0.39, 0.29) is 22.2 Å². The van der Waals surface area contributed by atoms with Crippen LogP contribution in [0.2, 0.25) is 0 Å². The van der Waals surface area contributed by atoms with E-state index in [0.717, 1.165) is 6.07 Å². The average molecular weight is 466 g/mol. The quantitative estimate of drug-likeness (QED) is 0.214. The molecule has 35 heavy (non-hydrogen) atoms. The molecule has 0 fully saturated rings. The van der Waals surface area contributed by atoms with Crippen LogP contribution in [0, 0.1) is 20.2 Å². The summed E-state index contributed by atoms with van der Waals surface area (Å²) in [6.45, 7) is 0. The van der Waals surface area contributed by atoms with Crippen molar-refractivity contribution in [1.29, 1.82) is 0 Å². The number of hydrogen-bond acceptors (Lipinski definition) is 7. The molecule has 0 unspecified atom stereocenters. The number of nitro benzene ring substituents is 2. The fourth-order valence-electron chi connectivity index (χ4n) is 4.50. The topological polar surface area (TPSA) is 138 Å². The predicted octanol–water partition coefficient (Wildman–Crippen LogP) is 4.37. The van der Waals surface area contributed by atoms with Gasteiger partial charge in [0.25, 0.3) is 11.4 Å². The van der Waals surface area contributed by atoms with Crippen molar-refractivity contribution in [1.82, 2.24) is 18.9 Å². The first-order chi connectivity index (χ1) is 16.8. The van der Waals surface area contributed by atoms with Crippen LogP contribution in [0.15, 0.2) is 71.5 Å². The second kappa shape index (κ2) is 7.15. The van der Waals surface area contributed by atoms with Gasteiger partial charge in [0.2, 0.25) is 5.43 Å². The second-order valence-corrected chi connectivity index (χ2v) is 8.05. The number of hydrogen-bond donors (Lipinski definition) is 0. The zero-order chi connectivity index (χ0) is 24.4. The molecular formula is C24H14N6O5. The highest BCUT2D eigenvalue weighted by molar-refractivity contribution is 6.02. The normalized spacial score (nSPS) is 11.6. The van der Waals surface area contributed by atoms with E-state index >= 15 is 0 Å². The summed E-state index contributed by atoms with van der Waals surface area (Å²) in [7, 11) is 1.76. The fraction of sp³-hybridized carbons (Fsp3) is 0.0417. The molecule has 3 heterocycles. The van der Waals surface area contributed by atoms with E-state index in [1.54, 1.807) is 64.5 Å². The molecule has 3 aromatic carbocycles. The SMILES string of the molecule is Cn1c2ccccc2c(=O)c2c1nc(-c1cc([N+](=O)[O-])cc([N+](=O)[O-])c1)n1c3ccccc3nc21. The molecule has 0 atom stereocenters. The molecule has 3 aromatic heterocycles. The molecular weight excluding hydrogens is 452 g/mol. The number of para-hydroxylation sites is 3. The lowest BCUT2D eigenvalue weighted by atomic mass is 10.1. The van der Waals surface area contributed by atoms with E-state index in [4.69, 9.17) is 9.97 Å². The van der Waals surface area contributed by atoms with Gasteiger partial charge < -0.3 is 4.57 Å². The standard InChI is InChI=1S/C24H14N6O5/c1-27-18-8-4-2-6-16(18)21(31)20-23(27)26-22(28-19-9-5-3-7-17(19)25-24(20)28)13-10-14(29(32)33)12-15(11-13)30(34)35/h2-12H,1H3. The zero-order valence-corrected chi connectivity index (χ0v) is 18.1. The third-order valence-corrected chi connectivity index (χ3v) is 6.07. The van der Waals surface area contributed by atoms with Gasteiger partial charge in [-0.2, -0.15) is 0 Å². The largest absolute Gasteiger partial charge is 0.328 e.